The number of methoxy groups -OCH3 is 1. The van der Waals surface area contributed by atoms with Gasteiger partial charge in [0.1, 0.15) is 0 Å². The third kappa shape index (κ3) is 2.52. The molecule has 18 heavy (non-hydrogen) atoms. The average molecular weight is 247 g/mol. The molecule has 0 radical (unpaired) electrons. The van der Waals surface area contributed by atoms with Crippen LogP contribution in [0.5, 0.6) is 0 Å². The van der Waals surface area contributed by atoms with Crippen LogP contribution in [-0.4, -0.2) is 36.5 Å². The van der Waals surface area contributed by atoms with Gasteiger partial charge in [-0.3, -0.25) is 4.98 Å². The summed E-state index contributed by atoms with van der Waals surface area (Å²) >= 11 is 0. The second-order valence-corrected chi connectivity index (χ2v) is 4.10. The Labute approximate surface area is 106 Å². The summed E-state index contributed by atoms with van der Waals surface area (Å²) in [5, 5.41) is 14.4. The number of aromatic nitrogens is 1. The molecule has 0 spiro atoms. The molecule has 1 aromatic heterocycles. The Morgan fingerprint density at radius 2 is 2.22 bits per heavy atom. The quantitative estimate of drug-likeness (QED) is 0.693. The summed E-state index contributed by atoms with van der Waals surface area (Å²) in [6.45, 7) is 0.443. The molecule has 96 valence electrons. The van der Waals surface area contributed by atoms with Crippen LogP contribution in [0.4, 0.5) is 11.4 Å². The Kier molecular flexibility index (Phi) is 3.96. The number of pyridine rings is 1. The fourth-order valence-corrected chi connectivity index (χ4v) is 1.90. The zero-order valence-electron chi connectivity index (χ0n) is 10.3. The van der Waals surface area contributed by atoms with Crippen molar-refractivity contribution in [3.63, 3.8) is 0 Å². The first-order valence-electron chi connectivity index (χ1n) is 5.74. The molecular weight excluding hydrogens is 230 g/mol. The number of ether oxygens (including phenoxy) is 1. The molecule has 2 aromatic rings. The van der Waals surface area contributed by atoms with Crippen molar-refractivity contribution in [2.45, 2.75) is 6.04 Å². The van der Waals surface area contributed by atoms with Crippen LogP contribution in [0.2, 0.25) is 0 Å². The van der Waals surface area contributed by atoms with Crippen molar-refractivity contribution in [3.8, 4) is 0 Å². The van der Waals surface area contributed by atoms with Gasteiger partial charge in [0.2, 0.25) is 0 Å². The molecule has 0 saturated carbocycles. The van der Waals surface area contributed by atoms with Crippen molar-refractivity contribution >= 4 is 22.1 Å². The van der Waals surface area contributed by atoms with E-state index in [1.54, 1.807) is 19.5 Å². The van der Waals surface area contributed by atoms with Crippen LogP contribution >= 0.6 is 0 Å². The topological polar surface area (TPSA) is 80.4 Å². The van der Waals surface area contributed by atoms with Gasteiger partial charge >= 0.3 is 0 Å². The number of hydrogen-bond donors (Lipinski definition) is 3. The number of aliphatic hydroxyl groups is 1. The predicted octanol–water partition coefficient (Wildman–Crippen LogP) is 1.24. The lowest BCUT2D eigenvalue weighted by Crippen LogP contribution is -2.28. The summed E-state index contributed by atoms with van der Waals surface area (Å²) in [4.78, 5) is 4.07. The second kappa shape index (κ2) is 5.66. The first-order valence-corrected chi connectivity index (χ1v) is 5.74. The van der Waals surface area contributed by atoms with Crippen LogP contribution in [0.1, 0.15) is 0 Å². The maximum atomic E-state index is 9.27. The first kappa shape index (κ1) is 12.6. The summed E-state index contributed by atoms with van der Waals surface area (Å²) in [6.07, 6.45) is 3.46. The van der Waals surface area contributed by atoms with Crippen LogP contribution in [0.25, 0.3) is 10.8 Å². The average Bonchev–Trinajstić information content (AvgIpc) is 2.41. The molecule has 0 amide bonds. The Bertz CT molecular complexity index is 531. The number of nitrogens with one attached hydrogen (secondary N) is 1. The van der Waals surface area contributed by atoms with E-state index in [2.05, 4.69) is 10.3 Å². The number of nitrogen functional groups attached to an aromatic ring is 1. The molecule has 0 aliphatic rings. The Morgan fingerprint density at radius 3 is 2.94 bits per heavy atom. The lowest BCUT2D eigenvalue weighted by Gasteiger charge is -2.18. The van der Waals surface area contributed by atoms with E-state index in [0.29, 0.717) is 12.3 Å². The highest BCUT2D eigenvalue weighted by atomic mass is 16.5. The molecular formula is C13H17N3O2. The Hall–Kier alpha value is -1.85. The molecule has 0 bridgehead atoms. The standard InChI is InChI=1S/C13H17N3O2/c1-18-8-9(7-17)16-13-3-2-12(14)11-6-15-5-4-10(11)13/h2-6,9,16-17H,7-8,14H2,1H3. The third-order valence-electron chi connectivity index (χ3n) is 2.80. The van der Waals surface area contributed by atoms with E-state index >= 15 is 0 Å². The lowest BCUT2D eigenvalue weighted by molar-refractivity contribution is 0.153. The number of benzene rings is 1. The Balaban J connectivity index is 2.36. The van der Waals surface area contributed by atoms with Crippen LogP contribution in [-0.2, 0) is 4.74 Å². The largest absolute Gasteiger partial charge is 0.398 e. The zero-order valence-corrected chi connectivity index (χ0v) is 10.3. The molecule has 0 aliphatic carbocycles. The van der Waals surface area contributed by atoms with E-state index in [1.165, 1.54) is 0 Å². The molecule has 0 saturated heterocycles. The van der Waals surface area contributed by atoms with Gasteiger partial charge in [0.25, 0.3) is 0 Å². The summed E-state index contributed by atoms with van der Waals surface area (Å²) < 4.78 is 5.04. The molecule has 0 aliphatic heterocycles. The van der Waals surface area contributed by atoms with Crippen molar-refractivity contribution in [2.75, 3.05) is 31.4 Å². The Morgan fingerprint density at radius 1 is 1.39 bits per heavy atom. The fraction of sp³-hybridized carbons (Fsp3) is 0.308. The highest BCUT2D eigenvalue weighted by molar-refractivity contribution is 6.00. The van der Waals surface area contributed by atoms with Gasteiger partial charge in [-0.2, -0.15) is 0 Å². The third-order valence-corrected chi connectivity index (χ3v) is 2.80. The number of anilines is 2. The van der Waals surface area contributed by atoms with Crippen molar-refractivity contribution in [3.05, 3.63) is 30.6 Å². The zero-order chi connectivity index (χ0) is 13.0. The molecule has 1 atom stereocenters. The monoisotopic (exact) mass is 247 g/mol. The second-order valence-electron chi connectivity index (χ2n) is 4.10. The van der Waals surface area contributed by atoms with E-state index in [-0.39, 0.29) is 12.6 Å². The SMILES string of the molecule is COCC(CO)Nc1ccc(N)c2cnccc12. The van der Waals surface area contributed by atoms with Gasteiger partial charge in [0.15, 0.2) is 0 Å². The first-order chi connectivity index (χ1) is 8.76. The number of hydrogen-bond acceptors (Lipinski definition) is 5. The van der Waals surface area contributed by atoms with Crippen LogP contribution in [0.15, 0.2) is 30.6 Å². The molecule has 4 N–H and O–H groups in total. The number of rotatable bonds is 5. The van der Waals surface area contributed by atoms with Crippen molar-refractivity contribution in [2.24, 2.45) is 0 Å². The minimum Gasteiger partial charge on any atom is -0.398 e. The number of nitrogens with two attached hydrogens (primary N) is 1. The van der Waals surface area contributed by atoms with Gasteiger partial charge in [-0.05, 0) is 18.2 Å². The van der Waals surface area contributed by atoms with Gasteiger partial charge in [-0.1, -0.05) is 0 Å². The molecule has 5 heteroatoms. The normalized spacial score (nSPS) is 12.6. The van der Waals surface area contributed by atoms with Crippen LogP contribution in [0.3, 0.4) is 0 Å². The highest BCUT2D eigenvalue weighted by Gasteiger charge is 2.10. The molecule has 5 nitrogen and oxygen atoms in total. The molecule has 2 rings (SSSR count). The summed E-state index contributed by atoms with van der Waals surface area (Å²) in [5.74, 6) is 0. The van der Waals surface area contributed by atoms with Gasteiger partial charge in [0, 0.05) is 41.7 Å². The van der Waals surface area contributed by atoms with E-state index in [9.17, 15) is 5.11 Å². The van der Waals surface area contributed by atoms with Gasteiger partial charge in [-0.15, -0.1) is 0 Å². The van der Waals surface area contributed by atoms with Crippen LogP contribution < -0.4 is 11.1 Å². The number of aliphatic hydroxyl groups excluding tert-OH is 1. The van der Waals surface area contributed by atoms with Gasteiger partial charge < -0.3 is 20.9 Å². The number of fused-ring (bicyclic) bond motifs is 1. The summed E-state index contributed by atoms with van der Waals surface area (Å²) in [5.41, 5.74) is 7.51. The summed E-state index contributed by atoms with van der Waals surface area (Å²) in [6, 6.07) is 5.48. The van der Waals surface area contributed by atoms with E-state index < -0.39 is 0 Å². The van der Waals surface area contributed by atoms with Gasteiger partial charge in [-0.25, -0.2) is 0 Å². The van der Waals surface area contributed by atoms with Crippen LogP contribution in [0, 0.1) is 0 Å². The molecule has 0 fully saturated rings. The number of nitrogens with zero attached hydrogens (tertiary/aromatic N) is 1. The summed E-state index contributed by atoms with van der Waals surface area (Å²) in [7, 11) is 1.61. The molecule has 1 unspecified atom stereocenters. The van der Waals surface area contributed by atoms with E-state index in [1.807, 2.05) is 18.2 Å². The smallest absolute Gasteiger partial charge is 0.0726 e. The minimum atomic E-state index is -0.144. The van der Waals surface area contributed by atoms with E-state index in [4.69, 9.17) is 10.5 Å². The maximum absolute atomic E-state index is 9.27. The van der Waals surface area contributed by atoms with Crippen molar-refractivity contribution in [1.82, 2.24) is 4.98 Å². The maximum Gasteiger partial charge on any atom is 0.0726 e. The van der Waals surface area contributed by atoms with Crippen molar-refractivity contribution < 1.29 is 9.84 Å². The molecule has 1 heterocycles. The van der Waals surface area contributed by atoms with Gasteiger partial charge in [0.05, 0.1) is 19.3 Å². The highest BCUT2D eigenvalue weighted by Crippen LogP contribution is 2.27. The predicted molar refractivity (Wildman–Crippen MR) is 72.5 cm³/mol. The molecule has 1 aromatic carbocycles. The van der Waals surface area contributed by atoms with Crippen molar-refractivity contribution in [1.29, 1.82) is 0 Å². The van der Waals surface area contributed by atoms with E-state index in [0.717, 1.165) is 16.5 Å². The lowest BCUT2D eigenvalue weighted by atomic mass is 10.1. The minimum absolute atomic E-state index is 0.00476. The fourth-order valence-electron chi connectivity index (χ4n) is 1.90.